The lowest BCUT2D eigenvalue weighted by atomic mass is 9.92. The van der Waals surface area contributed by atoms with Gasteiger partial charge in [0, 0.05) is 13.6 Å². The number of nitriles is 1. The molecule has 2 aromatic carbocycles. The van der Waals surface area contributed by atoms with Crippen molar-refractivity contribution in [3.63, 3.8) is 0 Å². The molecule has 0 aliphatic rings. The molecule has 0 atom stereocenters. The zero-order valence-corrected chi connectivity index (χ0v) is 15.2. The Morgan fingerprint density at radius 1 is 1.08 bits per heavy atom. The van der Waals surface area contributed by atoms with Gasteiger partial charge in [0.2, 0.25) is 0 Å². The Balaban J connectivity index is 2.12. The van der Waals surface area contributed by atoms with Gasteiger partial charge in [0.25, 0.3) is 0 Å². The molecule has 0 saturated carbocycles. The van der Waals surface area contributed by atoms with Gasteiger partial charge < -0.3 is 0 Å². The summed E-state index contributed by atoms with van der Waals surface area (Å²) >= 11 is 0. The Kier molecular flexibility index (Phi) is 4.26. The number of aromatic nitrogens is 2. The summed E-state index contributed by atoms with van der Waals surface area (Å²) < 4.78 is 3.54. The fraction of sp³-hybridized carbons (Fsp3) is 0.333. The van der Waals surface area contributed by atoms with Crippen molar-refractivity contribution in [1.29, 1.82) is 5.26 Å². The summed E-state index contributed by atoms with van der Waals surface area (Å²) in [5.74, 6) is 0. The Bertz CT molecular complexity index is 1030. The molecule has 1 aromatic heterocycles. The van der Waals surface area contributed by atoms with E-state index in [2.05, 4.69) is 26.8 Å². The molecule has 0 fully saturated rings. The summed E-state index contributed by atoms with van der Waals surface area (Å²) in [4.78, 5) is 12.6. The second-order valence-electron chi connectivity index (χ2n) is 7.66. The lowest BCUT2D eigenvalue weighted by molar-refractivity contribution is 0.349. The molecule has 0 saturated heterocycles. The molecule has 0 amide bonds. The molecule has 0 N–H and O–H groups in total. The molecular weight excluding hydrogens is 310 g/mol. The maximum absolute atomic E-state index is 12.6. The highest BCUT2D eigenvalue weighted by atomic mass is 16.1. The average molecular weight is 333 g/mol. The molecule has 0 bridgehead atoms. The van der Waals surface area contributed by atoms with E-state index in [1.807, 2.05) is 47.0 Å². The van der Waals surface area contributed by atoms with Gasteiger partial charge in [-0.05, 0) is 41.2 Å². The summed E-state index contributed by atoms with van der Waals surface area (Å²) in [7, 11) is 1.80. The Morgan fingerprint density at radius 3 is 2.48 bits per heavy atom. The summed E-state index contributed by atoms with van der Waals surface area (Å²) in [6.07, 6.45) is 0.936. The van der Waals surface area contributed by atoms with Crippen molar-refractivity contribution in [1.82, 2.24) is 9.13 Å². The second kappa shape index (κ2) is 6.25. The van der Waals surface area contributed by atoms with Crippen LogP contribution in [0, 0.1) is 16.7 Å². The summed E-state index contributed by atoms with van der Waals surface area (Å²) in [6, 6.07) is 15.8. The molecule has 0 aliphatic carbocycles. The highest BCUT2D eigenvalue weighted by Gasteiger charge is 2.16. The Morgan fingerprint density at radius 2 is 1.80 bits per heavy atom. The molecule has 4 heteroatoms. The third-order valence-corrected chi connectivity index (χ3v) is 4.59. The number of nitrogens with zero attached hydrogens (tertiary/aromatic N) is 3. The predicted octanol–water partition coefficient (Wildman–Crippen LogP) is 4.31. The predicted molar refractivity (Wildman–Crippen MR) is 101 cm³/mol. The topological polar surface area (TPSA) is 50.7 Å². The molecular formula is C21H23N3O. The van der Waals surface area contributed by atoms with Crippen LogP contribution in [0.3, 0.4) is 0 Å². The van der Waals surface area contributed by atoms with Crippen molar-refractivity contribution in [3.8, 4) is 17.2 Å². The van der Waals surface area contributed by atoms with Crippen molar-refractivity contribution >= 4 is 11.0 Å². The van der Waals surface area contributed by atoms with Crippen LogP contribution in [0.1, 0.15) is 32.8 Å². The zero-order valence-electron chi connectivity index (χ0n) is 15.2. The van der Waals surface area contributed by atoms with E-state index in [1.165, 1.54) is 0 Å². The first-order chi connectivity index (χ1) is 11.8. The number of benzene rings is 2. The van der Waals surface area contributed by atoms with E-state index in [-0.39, 0.29) is 11.1 Å². The van der Waals surface area contributed by atoms with E-state index in [0.717, 1.165) is 28.6 Å². The molecule has 3 rings (SSSR count). The van der Waals surface area contributed by atoms with Gasteiger partial charge in [-0.15, -0.1) is 0 Å². The van der Waals surface area contributed by atoms with E-state index >= 15 is 0 Å². The van der Waals surface area contributed by atoms with Crippen LogP contribution in [0.4, 0.5) is 0 Å². The highest BCUT2D eigenvalue weighted by molar-refractivity contribution is 5.84. The number of imidazole rings is 1. The SMILES string of the molecule is Cn1c(=O)n(CCC(C)(C)C)c2ccc(-c3ccccc3C#N)cc21. The van der Waals surface area contributed by atoms with Gasteiger partial charge in [0.1, 0.15) is 0 Å². The van der Waals surface area contributed by atoms with Crippen molar-refractivity contribution in [2.45, 2.75) is 33.7 Å². The van der Waals surface area contributed by atoms with Gasteiger partial charge in [0.15, 0.2) is 0 Å². The minimum Gasteiger partial charge on any atom is -0.295 e. The second-order valence-corrected chi connectivity index (χ2v) is 7.66. The first-order valence-electron chi connectivity index (χ1n) is 8.50. The van der Waals surface area contributed by atoms with Gasteiger partial charge in [-0.1, -0.05) is 45.0 Å². The van der Waals surface area contributed by atoms with Crippen molar-refractivity contribution < 1.29 is 0 Å². The third-order valence-electron chi connectivity index (χ3n) is 4.59. The Labute approximate surface area is 147 Å². The summed E-state index contributed by atoms with van der Waals surface area (Å²) in [6.45, 7) is 7.24. The van der Waals surface area contributed by atoms with Gasteiger partial charge in [0.05, 0.1) is 22.7 Å². The maximum atomic E-state index is 12.6. The van der Waals surface area contributed by atoms with Gasteiger partial charge >= 0.3 is 5.69 Å². The molecule has 1 heterocycles. The van der Waals surface area contributed by atoms with Crippen LogP contribution in [-0.2, 0) is 13.6 Å². The fourth-order valence-corrected chi connectivity index (χ4v) is 3.07. The van der Waals surface area contributed by atoms with E-state index in [9.17, 15) is 10.1 Å². The van der Waals surface area contributed by atoms with Crippen molar-refractivity contribution in [2.75, 3.05) is 0 Å². The molecule has 25 heavy (non-hydrogen) atoms. The van der Waals surface area contributed by atoms with Crippen LogP contribution in [0.2, 0.25) is 0 Å². The Hall–Kier alpha value is -2.80. The molecule has 3 aromatic rings. The van der Waals surface area contributed by atoms with Gasteiger partial charge in [-0.25, -0.2) is 4.79 Å². The van der Waals surface area contributed by atoms with Crippen LogP contribution in [-0.4, -0.2) is 9.13 Å². The standard InChI is InChI=1S/C21H23N3O/c1-21(2,3)11-12-24-18-10-9-15(13-19(18)23(4)20(24)25)17-8-6-5-7-16(17)14-22/h5-10,13H,11-12H2,1-4H3. The summed E-state index contributed by atoms with van der Waals surface area (Å²) in [5.41, 5.74) is 4.49. The van der Waals surface area contributed by atoms with Crippen LogP contribution in [0.5, 0.6) is 0 Å². The highest BCUT2D eigenvalue weighted by Crippen LogP contribution is 2.27. The smallest absolute Gasteiger partial charge is 0.295 e. The monoisotopic (exact) mass is 333 g/mol. The molecule has 4 nitrogen and oxygen atoms in total. The van der Waals surface area contributed by atoms with E-state index in [0.29, 0.717) is 12.1 Å². The van der Waals surface area contributed by atoms with Crippen LogP contribution in [0.15, 0.2) is 47.3 Å². The largest absolute Gasteiger partial charge is 0.328 e. The zero-order chi connectivity index (χ0) is 18.2. The van der Waals surface area contributed by atoms with E-state index in [4.69, 9.17) is 0 Å². The number of hydrogen-bond donors (Lipinski definition) is 0. The van der Waals surface area contributed by atoms with Crippen LogP contribution in [0.25, 0.3) is 22.2 Å². The fourth-order valence-electron chi connectivity index (χ4n) is 3.07. The maximum Gasteiger partial charge on any atom is 0.328 e. The average Bonchev–Trinajstić information content (AvgIpc) is 2.83. The first kappa shape index (κ1) is 17.0. The quantitative estimate of drug-likeness (QED) is 0.717. The van der Waals surface area contributed by atoms with E-state index in [1.54, 1.807) is 11.6 Å². The third kappa shape index (κ3) is 3.23. The van der Waals surface area contributed by atoms with Crippen molar-refractivity contribution in [2.24, 2.45) is 12.5 Å². The summed E-state index contributed by atoms with van der Waals surface area (Å²) in [5, 5.41) is 9.33. The minimum absolute atomic E-state index is 0.00460. The molecule has 0 spiro atoms. The molecule has 128 valence electrons. The minimum atomic E-state index is 0.00460. The number of fused-ring (bicyclic) bond motifs is 1. The van der Waals surface area contributed by atoms with Crippen LogP contribution >= 0.6 is 0 Å². The molecule has 0 unspecified atom stereocenters. The first-order valence-corrected chi connectivity index (χ1v) is 8.50. The van der Waals surface area contributed by atoms with E-state index < -0.39 is 0 Å². The number of rotatable bonds is 3. The number of hydrogen-bond acceptors (Lipinski definition) is 2. The molecule has 0 radical (unpaired) electrons. The molecule has 0 aliphatic heterocycles. The lowest BCUT2D eigenvalue weighted by Crippen LogP contribution is -2.24. The lowest BCUT2D eigenvalue weighted by Gasteiger charge is -2.18. The normalized spacial score (nSPS) is 11.6. The van der Waals surface area contributed by atoms with Gasteiger partial charge in [-0.3, -0.25) is 9.13 Å². The number of aryl methyl sites for hydroxylation is 2. The van der Waals surface area contributed by atoms with Crippen molar-refractivity contribution in [3.05, 3.63) is 58.5 Å². The van der Waals surface area contributed by atoms with Gasteiger partial charge in [-0.2, -0.15) is 5.26 Å². The van der Waals surface area contributed by atoms with Crippen LogP contribution < -0.4 is 5.69 Å².